The van der Waals surface area contributed by atoms with Crippen LogP contribution in [0, 0.1) is 5.92 Å². The quantitative estimate of drug-likeness (QED) is 0.848. The SMILES string of the molecule is CC1CCN(C(=O)c2cn(CCN)nn2)C(C)C1. The summed E-state index contributed by atoms with van der Waals surface area (Å²) in [6, 6.07) is 0.279. The fourth-order valence-electron chi connectivity index (χ4n) is 2.49. The van der Waals surface area contributed by atoms with Gasteiger partial charge in [-0.2, -0.15) is 0 Å². The Bertz CT molecular complexity index is 416. The van der Waals surface area contributed by atoms with Crippen molar-refractivity contribution < 1.29 is 4.79 Å². The third kappa shape index (κ3) is 2.69. The van der Waals surface area contributed by atoms with Crippen molar-refractivity contribution in [2.75, 3.05) is 13.1 Å². The molecule has 1 aliphatic heterocycles. The van der Waals surface area contributed by atoms with E-state index in [1.165, 1.54) is 0 Å². The molecule has 1 aromatic rings. The Labute approximate surface area is 107 Å². The van der Waals surface area contributed by atoms with Crippen molar-refractivity contribution in [2.45, 2.75) is 39.3 Å². The Morgan fingerprint density at radius 1 is 1.56 bits per heavy atom. The van der Waals surface area contributed by atoms with Crippen LogP contribution in [0.3, 0.4) is 0 Å². The standard InChI is InChI=1S/C12H21N5O/c1-9-3-5-17(10(2)7-9)12(18)11-8-16(6-4-13)15-14-11/h8-10H,3-7,13H2,1-2H3. The van der Waals surface area contributed by atoms with Crippen LogP contribution in [0.25, 0.3) is 0 Å². The van der Waals surface area contributed by atoms with Crippen molar-refractivity contribution in [3.05, 3.63) is 11.9 Å². The maximum Gasteiger partial charge on any atom is 0.276 e. The van der Waals surface area contributed by atoms with Crippen molar-refractivity contribution >= 4 is 5.91 Å². The molecule has 0 bridgehead atoms. The second-order valence-electron chi connectivity index (χ2n) is 5.13. The summed E-state index contributed by atoms with van der Waals surface area (Å²) in [5.74, 6) is 0.676. The van der Waals surface area contributed by atoms with Crippen molar-refractivity contribution in [3.63, 3.8) is 0 Å². The zero-order chi connectivity index (χ0) is 13.1. The van der Waals surface area contributed by atoms with Crippen LogP contribution in [0.15, 0.2) is 6.20 Å². The molecule has 2 heterocycles. The summed E-state index contributed by atoms with van der Waals surface area (Å²) in [5.41, 5.74) is 5.86. The highest BCUT2D eigenvalue weighted by atomic mass is 16.2. The number of piperidine rings is 1. The number of rotatable bonds is 3. The van der Waals surface area contributed by atoms with E-state index in [0.29, 0.717) is 24.7 Å². The third-order valence-corrected chi connectivity index (χ3v) is 3.52. The number of hydrogen-bond donors (Lipinski definition) is 1. The van der Waals surface area contributed by atoms with Crippen molar-refractivity contribution in [3.8, 4) is 0 Å². The van der Waals surface area contributed by atoms with Crippen LogP contribution in [0.1, 0.15) is 37.2 Å². The number of nitrogens with zero attached hydrogens (tertiary/aromatic N) is 4. The summed E-state index contributed by atoms with van der Waals surface area (Å²) < 4.78 is 1.62. The molecule has 1 saturated heterocycles. The molecule has 1 fully saturated rings. The Morgan fingerprint density at radius 2 is 2.33 bits per heavy atom. The number of aromatic nitrogens is 3. The summed E-state index contributed by atoms with van der Waals surface area (Å²) in [5, 5.41) is 7.83. The summed E-state index contributed by atoms with van der Waals surface area (Å²) in [6.07, 6.45) is 3.80. The van der Waals surface area contributed by atoms with Crippen molar-refractivity contribution in [1.82, 2.24) is 19.9 Å². The molecule has 1 aliphatic rings. The smallest absolute Gasteiger partial charge is 0.276 e. The van der Waals surface area contributed by atoms with Crippen LogP contribution in [-0.2, 0) is 6.54 Å². The first-order valence-corrected chi connectivity index (χ1v) is 6.53. The largest absolute Gasteiger partial charge is 0.334 e. The van der Waals surface area contributed by atoms with Gasteiger partial charge in [0.05, 0.1) is 12.7 Å². The average molecular weight is 251 g/mol. The predicted molar refractivity (Wildman–Crippen MR) is 68.0 cm³/mol. The molecule has 2 rings (SSSR count). The molecule has 2 N–H and O–H groups in total. The minimum absolute atomic E-state index is 0.0160. The van der Waals surface area contributed by atoms with Gasteiger partial charge in [-0.25, -0.2) is 0 Å². The number of carbonyl (C=O) groups is 1. The first-order valence-electron chi connectivity index (χ1n) is 6.53. The van der Waals surface area contributed by atoms with E-state index in [0.717, 1.165) is 19.4 Å². The Morgan fingerprint density at radius 3 is 3.00 bits per heavy atom. The summed E-state index contributed by atoms with van der Waals surface area (Å²) >= 11 is 0. The highest BCUT2D eigenvalue weighted by Crippen LogP contribution is 2.23. The van der Waals surface area contributed by atoms with Crippen molar-refractivity contribution in [1.29, 1.82) is 0 Å². The number of carbonyl (C=O) groups excluding carboxylic acids is 1. The van der Waals surface area contributed by atoms with Gasteiger partial charge in [0.15, 0.2) is 5.69 Å². The monoisotopic (exact) mass is 251 g/mol. The molecule has 2 unspecified atom stereocenters. The zero-order valence-corrected chi connectivity index (χ0v) is 11.0. The van der Waals surface area contributed by atoms with Gasteiger partial charge in [0.1, 0.15) is 0 Å². The average Bonchev–Trinajstić information content (AvgIpc) is 2.77. The van der Waals surface area contributed by atoms with Crippen molar-refractivity contribution in [2.24, 2.45) is 11.7 Å². The second kappa shape index (κ2) is 5.48. The van der Waals surface area contributed by atoms with Gasteiger partial charge < -0.3 is 10.6 Å². The van der Waals surface area contributed by atoms with E-state index in [4.69, 9.17) is 5.73 Å². The van der Waals surface area contributed by atoms with E-state index < -0.39 is 0 Å². The van der Waals surface area contributed by atoms with Gasteiger partial charge in [-0.15, -0.1) is 5.10 Å². The Kier molecular flexibility index (Phi) is 3.96. The van der Waals surface area contributed by atoms with Crippen LogP contribution in [-0.4, -0.2) is 44.9 Å². The van der Waals surface area contributed by atoms with Gasteiger partial charge in [0.2, 0.25) is 0 Å². The number of hydrogen-bond acceptors (Lipinski definition) is 4. The lowest BCUT2D eigenvalue weighted by Gasteiger charge is -2.36. The topological polar surface area (TPSA) is 77.0 Å². The third-order valence-electron chi connectivity index (χ3n) is 3.52. The zero-order valence-electron chi connectivity index (χ0n) is 11.0. The highest BCUT2D eigenvalue weighted by molar-refractivity contribution is 5.92. The Hall–Kier alpha value is -1.43. The summed E-state index contributed by atoms with van der Waals surface area (Å²) in [7, 11) is 0. The minimum atomic E-state index is -0.0160. The fraction of sp³-hybridized carbons (Fsp3) is 0.750. The summed E-state index contributed by atoms with van der Waals surface area (Å²) in [6.45, 7) is 6.22. The second-order valence-corrected chi connectivity index (χ2v) is 5.13. The molecule has 0 spiro atoms. The molecule has 100 valence electrons. The lowest BCUT2D eigenvalue weighted by Crippen LogP contribution is -2.44. The van der Waals surface area contributed by atoms with E-state index in [1.807, 2.05) is 4.90 Å². The van der Waals surface area contributed by atoms with Gasteiger partial charge in [-0.05, 0) is 25.7 Å². The Balaban J connectivity index is 2.05. The number of amides is 1. The first kappa shape index (κ1) is 13.0. The van der Waals surface area contributed by atoms with Crippen LogP contribution < -0.4 is 5.73 Å². The maximum atomic E-state index is 12.3. The van der Waals surface area contributed by atoms with Crippen LogP contribution in [0.5, 0.6) is 0 Å². The molecule has 1 aromatic heterocycles. The number of likely N-dealkylation sites (tertiary alicyclic amines) is 1. The van der Waals surface area contributed by atoms with Gasteiger partial charge in [0, 0.05) is 19.1 Å². The molecule has 0 saturated carbocycles. The van der Waals surface area contributed by atoms with Crippen LogP contribution in [0.4, 0.5) is 0 Å². The molecule has 6 nitrogen and oxygen atoms in total. The number of nitrogens with two attached hydrogens (primary N) is 1. The van der Waals surface area contributed by atoms with Gasteiger partial charge in [-0.1, -0.05) is 12.1 Å². The molecule has 0 aliphatic carbocycles. The molecule has 18 heavy (non-hydrogen) atoms. The van der Waals surface area contributed by atoms with E-state index in [-0.39, 0.29) is 11.9 Å². The molecule has 2 atom stereocenters. The lowest BCUT2D eigenvalue weighted by molar-refractivity contribution is 0.0582. The molecule has 6 heteroatoms. The molecule has 0 radical (unpaired) electrons. The van der Waals surface area contributed by atoms with Gasteiger partial charge in [-0.3, -0.25) is 9.48 Å². The van der Waals surface area contributed by atoms with E-state index in [2.05, 4.69) is 24.2 Å². The highest BCUT2D eigenvalue weighted by Gasteiger charge is 2.28. The van der Waals surface area contributed by atoms with E-state index in [1.54, 1.807) is 10.9 Å². The first-order chi connectivity index (χ1) is 8.61. The van der Waals surface area contributed by atoms with Crippen LogP contribution in [0.2, 0.25) is 0 Å². The molecule has 0 aromatic carbocycles. The predicted octanol–water partition coefficient (Wildman–Crippen LogP) is 0.497. The normalized spacial score (nSPS) is 24.3. The summed E-state index contributed by atoms with van der Waals surface area (Å²) in [4.78, 5) is 14.2. The van der Waals surface area contributed by atoms with E-state index >= 15 is 0 Å². The van der Waals surface area contributed by atoms with Gasteiger partial charge >= 0.3 is 0 Å². The minimum Gasteiger partial charge on any atom is -0.334 e. The molecule has 1 amide bonds. The fourth-order valence-corrected chi connectivity index (χ4v) is 2.49. The van der Waals surface area contributed by atoms with Crippen LogP contribution >= 0.6 is 0 Å². The molecular formula is C12H21N5O. The lowest BCUT2D eigenvalue weighted by atomic mass is 9.93. The molecular weight excluding hydrogens is 230 g/mol. The van der Waals surface area contributed by atoms with Gasteiger partial charge in [0.25, 0.3) is 5.91 Å². The maximum absolute atomic E-state index is 12.3. The van der Waals surface area contributed by atoms with E-state index in [9.17, 15) is 4.79 Å².